The zero-order valence-electron chi connectivity index (χ0n) is 40.0. The number of nitrogens with zero attached hydrogens (tertiary/aromatic N) is 1. The first-order valence-electron chi connectivity index (χ1n) is 24.0. The van der Waals surface area contributed by atoms with E-state index in [2.05, 4.69) is 0 Å². The molecule has 14 heteroatoms. The summed E-state index contributed by atoms with van der Waals surface area (Å²) in [4.78, 5) is 71.7. The lowest BCUT2D eigenvalue weighted by atomic mass is 9.76. The fraction of sp³-hybridized carbons (Fsp3) is 0.745. The topological polar surface area (TPSA) is 197 Å². The molecule has 0 aromatic heterocycles. The van der Waals surface area contributed by atoms with Crippen LogP contribution in [0.3, 0.4) is 0 Å². The Hall–Kier alpha value is -3.04. The van der Waals surface area contributed by atoms with Crippen LogP contribution in [-0.4, -0.2) is 123 Å². The van der Waals surface area contributed by atoms with Crippen LogP contribution in [0.1, 0.15) is 126 Å². The highest BCUT2D eigenvalue weighted by molar-refractivity contribution is 6.39. The number of Topliss-reactive ketones (excluding diaryl/α,β-unsaturated/α-hetero) is 3. The van der Waals surface area contributed by atoms with E-state index in [0.29, 0.717) is 63.4 Å². The molecule has 3 fully saturated rings. The van der Waals surface area contributed by atoms with Gasteiger partial charge in [0.25, 0.3) is 11.7 Å². The van der Waals surface area contributed by atoms with E-state index in [-0.39, 0.29) is 66.6 Å². The Balaban J connectivity index is 1.70. The molecule has 4 aliphatic rings. The van der Waals surface area contributed by atoms with Gasteiger partial charge >= 0.3 is 5.97 Å². The van der Waals surface area contributed by atoms with Crippen LogP contribution in [0.25, 0.3) is 0 Å². The molecular formula is C51H78ClNO12. The van der Waals surface area contributed by atoms with Crippen LogP contribution in [0.5, 0.6) is 0 Å². The Kier molecular flexibility index (Phi) is 21.3. The van der Waals surface area contributed by atoms with Crippen molar-refractivity contribution in [2.45, 2.75) is 167 Å². The second-order valence-corrected chi connectivity index (χ2v) is 20.4. The minimum atomic E-state index is -2.43. The summed E-state index contributed by atoms with van der Waals surface area (Å²) in [7, 11) is 1.57. The van der Waals surface area contributed by atoms with Crippen molar-refractivity contribution in [3.63, 3.8) is 0 Å². The number of halogens is 1. The van der Waals surface area contributed by atoms with Crippen molar-refractivity contribution < 1.29 is 58.6 Å². The van der Waals surface area contributed by atoms with Crippen molar-refractivity contribution in [1.82, 2.24) is 4.90 Å². The molecule has 2 bridgehead atoms. The Morgan fingerprint density at radius 3 is 2.31 bits per heavy atom. The molecule has 3 aliphatic heterocycles. The van der Waals surface area contributed by atoms with Gasteiger partial charge in [-0.05, 0) is 113 Å². The highest BCUT2D eigenvalue weighted by Gasteiger charge is 2.53. The number of hydrogen-bond donors (Lipinski definition) is 4. The molecule has 366 valence electrons. The number of ether oxygens (including phenoxy) is 3. The number of carbonyl (C=O) groups is 5. The number of alkyl halides is 1. The monoisotopic (exact) mass is 932 g/mol. The van der Waals surface area contributed by atoms with Gasteiger partial charge in [0.1, 0.15) is 23.7 Å². The van der Waals surface area contributed by atoms with Crippen molar-refractivity contribution >= 4 is 40.8 Å². The van der Waals surface area contributed by atoms with Crippen LogP contribution in [0.4, 0.5) is 0 Å². The highest BCUT2D eigenvalue weighted by atomic mass is 35.5. The summed E-state index contributed by atoms with van der Waals surface area (Å²) in [5.74, 6) is -9.27. The third-order valence-electron chi connectivity index (χ3n) is 14.7. The van der Waals surface area contributed by atoms with E-state index in [1.807, 2.05) is 51.2 Å². The maximum atomic E-state index is 14.4. The Morgan fingerprint density at radius 2 is 1.63 bits per heavy atom. The lowest BCUT2D eigenvalue weighted by Gasteiger charge is -2.42. The number of cyclic esters (lactones) is 1. The van der Waals surface area contributed by atoms with E-state index < -0.39 is 84.2 Å². The van der Waals surface area contributed by atoms with Crippen LogP contribution in [-0.2, 0) is 38.2 Å². The summed E-state index contributed by atoms with van der Waals surface area (Å²) in [5.41, 5.74) is 1.22. The van der Waals surface area contributed by atoms with E-state index in [1.165, 1.54) is 4.90 Å². The number of methoxy groups -OCH3 is 1. The van der Waals surface area contributed by atoms with Gasteiger partial charge < -0.3 is 39.5 Å². The first kappa shape index (κ1) is 54.6. The Labute approximate surface area is 392 Å². The molecule has 1 saturated carbocycles. The van der Waals surface area contributed by atoms with Gasteiger partial charge in [0.2, 0.25) is 5.79 Å². The van der Waals surface area contributed by atoms with Gasteiger partial charge in [-0.2, -0.15) is 0 Å². The predicted molar refractivity (Wildman–Crippen MR) is 248 cm³/mol. The largest absolute Gasteiger partial charge is 0.460 e. The van der Waals surface area contributed by atoms with Gasteiger partial charge in [0.05, 0.1) is 30.8 Å². The van der Waals surface area contributed by atoms with Crippen LogP contribution < -0.4 is 0 Å². The van der Waals surface area contributed by atoms with Gasteiger partial charge in [-0.3, -0.25) is 19.2 Å². The normalized spacial score (nSPS) is 39.1. The molecule has 65 heavy (non-hydrogen) atoms. The minimum absolute atomic E-state index is 0.00644. The first-order chi connectivity index (χ1) is 30.7. The fourth-order valence-corrected chi connectivity index (χ4v) is 10.6. The van der Waals surface area contributed by atoms with Crippen molar-refractivity contribution in [1.29, 1.82) is 0 Å². The van der Waals surface area contributed by atoms with Gasteiger partial charge in [0.15, 0.2) is 0 Å². The van der Waals surface area contributed by atoms with Crippen LogP contribution in [0.2, 0.25) is 0 Å². The smallest absolute Gasteiger partial charge is 0.329 e. The molecule has 1 amide bonds. The third kappa shape index (κ3) is 14.5. The molecule has 1 aliphatic carbocycles. The molecule has 13 nitrogen and oxygen atoms in total. The molecular weight excluding hydrogens is 854 g/mol. The molecule has 4 rings (SSSR count). The molecule has 4 N–H and O–H groups in total. The Morgan fingerprint density at radius 1 is 0.908 bits per heavy atom. The number of amides is 1. The fourth-order valence-electron chi connectivity index (χ4n) is 10.3. The van der Waals surface area contributed by atoms with Crippen molar-refractivity contribution in [3.05, 3.63) is 47.6 Å². The Bertz CT molecular complexity index is 1760. The van der Waals surface area contributed by atoms with Gasteiger partial charge in [-0.1, -0.05) is 71.1 Å². The number of rotatable bonds is 6. The molecule has 0 aromatic carbocycles. The number of piperidine rings is 1. The summed E-state index contributed by atoms with van der Waals surface area (Å²) < 4.78 is 18.2. The zero-order chi connectivity index (χ0) is 48.2. The van der Waals surface area contributed by atoms with E-state index in [4.69, 9.17) is 25.8 Å². The minimum Gasteiger partial charge on any atom is -0.460 e. The van der Waals surface area contributed by atoms with Gasteiger partial charge in [-0.25, -0.2) is 4.79 Å². The van der Waals surface area contributed by atoms with Crippen molar-refractivity contribution in [2.24, 2.45) is 47.3 Å². The summed E-state index contributed by atoms with van der Waals surface area (Å²) in [5, 5.41) is 43.5. The zero-order valence-corrected chi connectivity index (χ0v) is 40.8. The average molecular weight is 933 g/mol. The lowest BCUT2D eigenvalue weighted by molar-refractivity contribution is -0.265. The highest BCUT2D eigenvalue weighted by Crippen LogP contribution is 2.39. The van der Waals surface area contributed by atoms with E-state index in [1.54, 1.807) is 40.9 Å². The van der Waals surface area contributed by atoms with Crippen molar-refractivity contribution in [3.8, 4) is 0 Å². The number of aliphatic hydroxyl groups is 4. The summed E-state index contributed by atoms with van der Waals surface area (Å²) in [6.07, 6.45) is 13.4. The summed E-state index contributed by atoms with van der Waals surface area (Å²) in [6.45, 7) is 12.0. The number of fused-ring (bicyclic) bond motifs is 3. The second-order valence-electron chi connectivity index (χ2n) is 19.8. The van der Waals surface area contributed by atoms with Crippen LogP contribution in [0, 0.1) is 47.3 Å². The average Bonchev–Trinajstić information content (AvgIpc) is 3.28. The SMILES string of the molecule is CO[C@H]1C[C@@H]2CC[C@@H](C)[C@@](O)(O2)C(=O)C(=O)N2CCCC[C@H]2C(=O)O[C@H]([C@H](C)CC2CC[C@H](Cl)[C@H](CO)C2)CC(=O)[C@H](C)/C=C(\C)[C@@H](O)[C@@H](CO)C(=O)[C@H](C)C[C@H](C)/C=C/C=CC=C1C. The molecule has 0 radical (unpaired) electrons. The third-order valence-corrected chi connectivity index (χ3v) is 15.2. The van der Waals surface area contributed by atoms with Crippen LogP contribution in [0.15, 0.2) is 47.6 Å². The molecule has 0 aromatic rings. The molecule has 3 heterocycles. The van der Waals surface area contributed by atoms with Crippen LogP contribution >= 0.6 is 11.6 Å². The summed E-state index contributed by atoms with van der Waals surface area (Å²) >= 11 is 6.52. The number of allylic oxidation sites excluding steroid dienone is 6. The quantitative estimate of drug-likeness (QED) is 0.0964. The number of aliphatic hydroxyl groups excluding tert-OH is 3. The molecule has 15 atom stereocenters. The van der Waals surface area contributed by atoms with Crippen molar-refractivity contribution in [2.75, 3.05) is 26.9 Å². The van der Waals surface area contributed by atoms with E-state index >= 15 is 0 Å². The van der Waals surface area contributed by atoms with Gasteiger partial charge in [-0.15, -0.1) is 11.6 Å². The predicted octanol–water partition coefficient (Wildman–Crippen LogP) is 6.61. The number of hydrogen-bond acceptors (Lipinski definition) is 12. The number of ketones is 3. The number of esters is 1. The molecule has 0 spiro atoms. The lowest BCUT2D eigenvalue weighted by Crippen LogP contribution is -2.61. The molecule has 1 unspecified atom stereocenters. The van der Waals surface area contributed by atoms with E-state index in [0.717, 1.165) is 12.0 Å². The van der Waals surface area contributed by atoms with Gasteiger partial charge in [0, 0.05) is 56.2 Å². The summed E-state index contributed by atoms with van der Waals surface area (Å²) in [6, 6.07) is -1.15. The standard InChI is InChI=1S/C51H78ClNO12/c1-30-14-10-9-11-15-31(2)44(63-8)26-39-19-17-36(7)51(62,65-39)48(59)49(60)53-21-13-12-16-42(53)50(61)64-45(33(4)24-37-18-20-41(52)38(25-37)28-54)27-43(56)32(3)23-35(6)47(58)40(29-55)46(57)34(5)22-30/h9-11,14-15,23,30,32-34,36-42,44-45,47,54-55,58,62H,12-13,16-22,24-29H2,1-8H3/b11-9?,14-10+,31-15?,35-23+/t30-,32-,33-,34-,36-,37?,38+,39+,40+,41+,42+,44+,45+,47-,51-/m1/s1. The first-order valence-corrected chi connectivity index (χ1v) is 24.5. The maximum Gasteiger partial charge on any atom is 0.329 e. The maximum absolute atomic E-state index is 14.4. The van der Waals surface area contributed by atoms with E-state index in [9.17, 15) is 44.4 Å². The second kappa shape index (κ2) is 25.4. The number of carbonyl (C=O) groups excluding carboxylic acids is 5. The molecule has 2 saturated heterocycles.